The van der Waals surface area contributed by atoms with Crippen LogP contribution in [0.1, 0.15) is 52.7 Å². The molecule has 3 saturated heterocycles. The first-order valence-corrected chi connectivity index (χ1v) is 14.3. The van der Waals surface area contributed by atoms with Gasteiger partial charge in [-0.05, 0) is 78.6 Å². The first-order chi connectivity index (χ1) is 19.2. The Morgan fingerprint density at radius 1 is 0.846 bits per heavy atom. The van der Waals surface area contributed by atoms with E-state index in [1.165, 1.54) is 35.1 Å². The lowest BCUT2D eigenvalue weighted by Gasteiger charge is -2.37. The maximum Gasteiger partial charge on any atom is 0.254 e. The molecular formula is C34H38N2O3. The van der Waals surface area contributed by atoms with Crippen molar-refractivity contribution in [2.75, 3.05) is 40.0 Å². The van der Waals surface area contributed by atoms with Gasteiger partial charge < -0.3 is 14.4 Å². The van der Waals surface area contributed by atoms with Gasteiger partial charge in [-0.1, -0.05) is 60.2 Å². The Bertz CT molecular complexity index is 1300. The summed E-state index contributed by atoms with van der Waals surface area (Å²) >= 11 is 0. The van der Waals surface area contributed by atoms with Crippen molar-refractivity contribution in [3.05, 3.63) is 107 Å². The van der Waals surface area contributed by atoms with Crippen LogP contribution in [0.4, 0.5) is 0 Å². The highest BCUT2D eigenvalue weighted by molar-refractivity contribution is 5.95. The zero-order valence-corrected chi connectivity index (χ0v) is 22.9. The third-order valence-corrected chi connectivity index (χ3v) is 8.66. The Labute approximate surface area is 232 Å². The molecule has 39 heavy (non-hydrogen) atoms. The summed E-state index contributed by atoms with van der Waals surface area (Å²) in [6.07, 6.45) is 5.79. The molecule has 3 aliphatic heterocycles. The van der Waals surface area contributed by atoms with Gasteiger partial charge >= 0.3 is 0 Å². The summed E-state index contributed by atoms with van der Waals surface area (Å²) in [7, 11) is 1.73. The van der Waals surface area contributed by atoms with E-state index in [0.29, 0.717) is 38.4 Å². The van der Waals surface area contributed by atoms with E-state index in [9.17, 15) is 4.79 Å². The van der Waals surface area contributed by atoms with Crippen molar-refractivity contribution in [2.45, 2.75) is 44.2 Å². The predicted molar refractivity (Wildman–Crippen MR) is 155 cm³/mol. The fourth-order valence-corrected chi connectivity index (χ4v) is 6.67. The first-order valence-electron chi connectivity index (χ1n) is 14.3. The van der Waals surface area contributed by atoms with E-state index >= 15 is 0 Å². The van der Waals surface area contributed by atoms with Gasteiger partial charge in [-0.15, -0.1) is 0 Å². The van der Waals surface area contributed by atoms with Gasteiger partial charge in [0.1, 0.15) is 5.75 Å². The van der Waals surface area contributed by atoms with E-state index in [-0.39, 0.29) is 5.91 Å². The average Bonchev–Trinajstić information content (AvgIpc) is 3.24. The van der Waals surface area contributed by atoms with Crippen LogP contribution in [0.15, 0.2) is 84.4 Å². The molecular weight excluding hydrogens is 484 g/mol. The second-order valence-electron chi connectivity index (χ2n) is 11.0. The highest BCUT2D eigenvalue weighted by Gasteiger charge is 2.39. The lowest BCUT2D eigenvalue weighted by molar-refractivity contribution is 0.0303. The molecule has 0 aromatic heterocycles. The Balaban J connectivity index is 1.23. The number of carbonyl (C=O) groups excluding carboxylic acids is 1. The van der Waals surface area contributed by atoms with Crippen molar-refractivity contribution in [3.8, 4) is 5.75 Å². The second-order valence-corrected chi connectivity index (χ2v) is 11.0. The molecule has 3 aromatic carbocycles. The van der Waals surface area contributed by atoms with E-state index in [4.69, 9.17) is 9.47 Å². The fraction of sp³-hybridized carbons (Fsp3) is 0.382. The molecule has 0 spiro atoms. The number of hydrogen-bond donors (Lipinski definition) is 0. The summed E-state index contributed by atoms with van der Waals surface area (Å²) in [5.41, 5.74) is 7.48. The third-order valence-electron chi connectivity index (χ3n) is 8.66. The Morgan fingerprint density at radius 2 is 1.51 bits per heavy atom. The number of amides is 1. The van der Waals surface area contributed by atoms with Gasteiger partial charge in [0.15, 0.2) is 0 Å². The average molecular weight is 523 g/mol. The van der Waals surface area contributed by atoms with Crippen LogP contribution in [0.25, 0.3) is 5.57 Å². The van der Waals surface area contributed by atoms with Gasteiger partial charge in [-0.3, -0.25) is 9.69 Å². The lowest BCUT2D eigenvalue weighted by atomic mass is 9.85. The van der Waals surface area contributed by atoms with E-state index < -0.39 is 0 Å². The summed E-state index contributed by atoms with van der Waals surface area (Å²) in [6, 6.07) is 28.8. The van der Waals surface area contributed by atoms with Gasteiger partial charge in [0, 0.05) is 37.3 Å². The molecule has 3 aromatic rings. The van der Waals surface area contributed by atoms with Gasteiger partial charge in [0.05, 0.1) is 20.3 Å². The maximum atomic E-state index is 13.0. The van der Waals surface area contributed by atoms with Crippen molar-refractivity contribution in [2.24, 2.45) is 0 Å². The number of hydrogen-bond acceptors (Lipinski definition) is 4. The Hall–Kier alpha value is -3.41. The molecule has 6 rings (SSSR count). The number of nitrogens with zero attached hydrogens (tertiary/aromatic N) is 2. The van der Waals surface area contributed by atoms with E-state index in [0.717, 1.165) is 37.1 Å². The topological polar surface area (TPSA) is 42.0 Å². The Morgan fingerprint density at radius 3 is 2.21 bits per heavy atom. The number of fused-ring (bicyclic) bond motifs is 2. The van der Waals surface area contributed by atoms with Crippen LogP contribution in [0.5, 0.6) is 5.75 Å². The minimum Gasteiger partial charge on any atom is -0.497 e. The van der Waals surface area contributed by atoms with Crippen LogP contribution in [-0.4, -0.2) is 67.7 Å². The van der Waals surface area contributed by atoms with Crippen LogP contribution in [0.2, 0.25) is 0 Å². The first kappa shape index (κ1) is 25.8. The summed E-state index contributed by atoms with van der Waals surface area (Å²) in [6.45, 7) is 3.66. The smallest absolute Gasteiger partial charge is 0.254 e. The lowest BCUT2D eigenvalue weighted by Crippen LogP contribution is -2.41. The third kappa shape index (κ3) is 5.66. The Kier molecular flexibility index (Phi) is 7.80. The number of piperidine rings is 1. The molecule has 2 atom stereocenters. The standard InChI is InChI=1S/C34H38N2O3/c1-38-32-9-5-6-25(22-32)16-17-36-30-14-15-31(36)24-29(23-30)33(26-7-3-2-4-8-26)27-10-12-28(13-11-27)34(37)35-18-20-39-21-19-35/h2-13,22,30-31H,14-21,23-24H2,1H3. The number of methoxy groups -OCH3 is 1. The van der Waals surface area contributed by atoms with Gasteiger partial charge in [-0.2, -0.15) is 0 Å². The van der Waals surface area contributed by atoms with Gasteiger partial charge in [0.2, 0.25) is 0 Å². The minimum absolute atomic E-state index is 0.0983. The SMILES string of the molecule is COc1cccc(CCN2C3CCC2CC(=C(c2ccccc2)c2ccc(C(=O)N4CCOCC4)cc2)C3)c1. The van der Waals surface area contributed by atoms with Crippen LogP contribution < -0.4 is 4.74 Å². The van der Waals surface area contributed by atoms with Gasteiger partial charge in [-0.25, -0.2) is 0 Å². The number of morpholine rings is 1. The highest BCUT2D eigenvalue weighted by Crippen LogP contribution is 2.43. The molecule has 0 N–H and O–H groups in total. The van der Waals surface area contributed by atoms with E-state index in [1.54, 1.807) is 12.7 Å². The summed E-state index contributed by atoms with van der Waals surface area (Å²) < 4.78 is 10.9. The molecule has 202 valence electrons. The van der Waals surface area contributed by atoms with Crippen molar-refractivity contribution in [3.63, 3.8) is 0 Å². The van der Waals surface area contributed by atoms with Crippen LogP contribution in [0.3, 0.4) is 0 Å². The summed E-state index contributed by atoms with van der Waals surface area (Å²) in [5.74, 6) is 1.03. The van der Waals surface area contributed by atoms with Crippen LogP contribution in [0, 0.1) is 0 Å². The number of carbonyl (C=O) groups is 1. The van der Waals surface area contributed by atoms with Gasteiger partial charge in [0.25, 0.3) is 5.91 Å². The number of ether oxygens (including phenoxy) is 2. The van der Waals surface area contributed by atoms with Crippen molar-refractivity contribution in [1.29, 1.82) is 0 Å². The molecule has 1 amide bonds. The molecule has 2 bridgehead atoms. The number of rotatable bonds is 7. The molecule has 5 heteroatoms. The monoisotopic (exact) mass is 522 g/mol. The number of benzene rings is 3. The second kappa shape index (κ2) is 11.8. The van der Waals surface area contributed by atoms with Crippen LogP contribution >= 0.6 is 0 Å². The van der Waals surface area contributed by atoms with Crippen molar-refractivity contribution >= 4 is 11.5 Å². The highest BCUT2D eigenvalue weighted by atomic mass is 16.5. The molecule has 0 radical (unpaired) electrons. The molecule has 3 aliphatic rings. The van der Waals surface area contributed by atoms with E-state index in [1.807, 2.05) is 23.1 Å². The molecule has 5 nitrogen and oxygen atoms in total. The van der Waals surface area contributed by atoms with Crippen LogP contribution in [-0.2, 0) is 11.2 Å². The summed E-state index contributed by atoms with van der Waals surface area (Å²) in [5, 5.41) is 0. The summed E-state index contributed by atoms with van der Waals surface area (Å²) in [4.78, 5) is 17.7. The fourth-order valence-electron chi connectivity index (χ4n) is 6.67. The zero-order chi connectivity index (χ0) is 26.6. The molecule has 0 saturated carbocycles. The molecule has 3 fully saturated rings. The zero-order valence-electron chi connectivity index (χ0n) is 22.9. The quantitative estimate of drug-likeness (QED) is 0.391. The molecule has 2 unspecified atom stereocenters. The maximum absolute atomic E-state index is 13.0. The van der Waals surface area contributed by atoms with Crippen molar-refractivity contribution < 1.29 is 14.3 Å². The molecule has 3 heterocycles. The van der Waals surface area contributed by atoms with E-state index in [2.05, 4.69) is 65.6 Å². The normalized spacial score (nSPS) is 21.2. The largest absolute Gasteiger partial charge is 0.497 e. The predicted octanol–water partition coefficient (Wildman–Crippen LogP) is 5.84. The minimum atomic E-state index is 0.0983. The molecule has 0 aliphatic carbocycles. The van der Waals surface area contributed by atoms with Crippen molar-refractivity contribution in [1.82, 2.24) is 9.80 Å².